The van der Waals surface area contributed by atoms with E-state index in [0.29, 0.717) is 25.7 Å². The van der Waals surface area contributed by atoms with Crippen molar-refractivity contribution in [3.05, 3.63) is 0 Å². The number of esters is 4. The second-order valence-electron chi connectivity index (χ2n) is 27.7. The zero-order valence-corrected chi connectivity index (χ0v) is 64.1. The molecule has 19 heteroatoms. The van der Waals surface area contributed by atoms with Gasteiger partial charge in [-0.25, -0.2) is 9.13 Å². The number of aliphatic hydroxyl groups is 1. The van der Waals surface area contributed by atoms with Crippen LogP contribution in [0.4, 0.5) is 0 Å². The van der Waals surface area contributed by atoms with Crippen LogP contribution in [0.5, 0.6) is 0 Å². The fourth-order valence-corrected chi connectivity index (χ4v) is 13.5. The Morgan fingerprint density at radius 2 is 0.417 bits per heavy atom. The molecule has 96 heavy (non-hydrogen) atoms. The fraction of sp³-hybridized carbons (Fsp3) is 0.948. The molecule has 0 aliphatic rings. The Morgan fingerprint density at radius 1 is 0.250 bits per heavy atom. The molecule has 570 valence electrons. The molecule has 0 saturated heterocycles. The summed E-state index contributed by atoms with van der Waals surface area (Å²) in [4.78, 5) is 72.7. The molecule has 0 aromatic rings. The summed E-state index contributed by atoms with van der Waals surface area (Å²) in [5, 5.41) is 10.6. The standard InChI is InChI=1S/C77H150O17P2/c1-5-9-13-17-21-24-27-30-33-35-36-39-42-45-48-52-56-60-64-77(82)94-73(68-88-75(80)62-58-54-50-46-43-40-38-34-31-28-25-22-18-14-10-6-2)70-92-96(85,86)90-66-71(78)65-89-95(83,84)91-69-72(67-87-74(79)61-57-53-49-20-16-12-8-4)93-76(81)63-59-55-51-47-44-41-37-32-29-26-23-19-15-11-7-3/h71-73,78H,5-70H2,1-4H3,(H,83,84)(H,85,86)/t71-,72+,73+/m0/s1. The zero-order valence-electron chi connectivity index (χ0n) is 62.4. The van der Waals surface area contributed by atoms with E-state index in [2.05, 4.69) is 27.7 Å². The summed E-state index contributed by atoms with van der Waals surface area (Å²) in [5.41, 5.74) is 0. The molecule has 0 aromatic carbocycles. The molecule has 0 rings (SSSR count). The van der Waals surface area contributed by atoms with Crippen LogP contribution in [0.25, 0.3) is 0 Å². The van der Waals surface area contributed by atoms with Crippen molar-refractivity contribution in [3.63, 3.8) is 0 Å². The smallest absolute Gasteiger partial charge is 0.462 e. The number of aliphatic hydroxyl groups excluding tert-OH is 1. The van der Waals surface area contributed by atoms with Gasteiger partial charge in [0.2, 0.25) is 0 Å². The van der Waals surface area contributed by atoms with Gasteiger partial charge >= 0.3 is 39.5 Å². The monoisotopic (exact) mass is 1410 g/mol. The van der Waals surface area contributed by atoms with Gasteiger partial charge in [-0.3, -0.25) is 37.3 Å². The molecular formula is C77H150O17P2. The van der Waals surface area contributed by atoms with E-state index in [1.807, 2.05) is 0 Å². The van der Waals surface area contributed by atoms with Crippen molar-refractivity contribution in [1.82, 2.24) is 0 Å². The average Bonchev–Trinajstić information content (AvgIpc) is 1.74. The van der Waals surface area contributed by atoms with Gasteiger partial charge in [0.25, 0.3) is 0 Å². The highest BCUT2D eigenvalue weighted by atomic mass is 31.2. The van der Waals surface area contributed by atoms with Crippen LogP contribution >= 0.6 is 15.6 Å². The van der Waals surface area contributed by atoms with Gasteiger partial charge in [-0.1, -0.05) is 362 Å². The van der Waals surface area contributed by atoms with Crippen molar-refractivity contribution in [2.45, 2.75) is 431 Å². The Balaban J connectivity index is 5.18. The normalized spacial score (nSPS) is 13.9. The van der Waals surface area contributed by atoms with E-state index in [1.165, 1.54) is 231 Å². The number of carbonyl (C=O) groups excluding carboxylic acids is 4. The van der Waals surface area contributed by atoms with Gasteiger partial charge in [0, 0.05) is 25.7 Å². The van der Waals surface area contributed by atoms with Crippen LogP contribution in [0.15, 0.2) is 0 Å². The van der Waals surface area contributed by atoms with Gasteiger partial charge in [-0.15, -0.1) is 0 Å². The van der Waals surface area contributed by atoms with Gasteiger partial charge in [0.05, 0.1) is 26.4 Å². The molecule has 0 heterocycles. The first-order valence-electron chi connectivity index (χ1n) is 40.3. The molecule has 0 aliphatic carbocycles. The SMILES string of the molecule is CCCCCCCCCCCCCCCCCCCCC(=O)O[C@H](COC(=O)CCCCCCCCCCCCCCCCCC)COP(=O)(O)OC[C@@H](O)COP(=O)(O)OC[C@@H](COC(=O)CCCCCCCCC)OC(=O)CCCCCCCCCCCCCCCCC. The lowest BCUT2D eigenvalue weighted by molar-refractivity contribution is -0.161. The summed E-state index contributed by atoms with van der Waals surface area (Å²) in [6, 6.07) is 0. The number of phosphoric ester groups is 2. The molecular weight excluding hydrogens is 1260 g/mol. The van der Waals surface area contributed by atoms with Gasteiger partial charge in [-0.2, -0.15) is 0 Å². The molecule has 3 N–H and O–H groups in total. The second-order valence-corrected chi connectivity index (χ2v) is 30.7. The van der Waals surface area contributed by atoms with E-state index in [9.17, 15) is 43.2 Å². The number of hydrogen-bond donors (Lipinski definition) is 3. The van der Waals surface area contributed by atoms with E-state index in [1.54, 1.807) is 0 Å². The van der Waals surface area contributed by atoms with Gasteiger partial charge in [0.15, 0.2) is 12.2 Å². The first-order chi connectivity index (χ1) is 46.7. The predicted octanol–water partition coefficient (Wildman–Crippen LogP) is 23.0. The van der Waals surface area contributed by atoms with E-state index in [0.717, 1.165) is 103 Å². The predicted molar refractivity (Wildman–Crippen MR) is 391 cm³/mol. The Kier molecular flexibility index (Phi) is 70.0. The number of ether oxygens (including phenoxy) is 4. The van der Waals surface area contributed by atoms with E-state index in [-0.39, 0.29) is 25.7 Å². The van der Waals surface area contributed by atoms with Crippen molar-refractivity contribution in [2.75, 3.05) is 39.6 Å². The first-order valence-corrected chi connectivity index (χ1v) is 43.3. The molecule has 0 aromatic heterocycles. The highest BCUT2D eigenvalue weighted by Crippen LogP contribution is 2.45. The number of carbonyl (C=O) groups is 4. The number of rotatable bonds is 78. The molecule has 0 radical (unpaired) electrons. The van der Waals surface area contributed by atoms with Crippen molar-refractivity contribution in [1.29, 1.82) is 0 Å². The third-order valence-electron chi connectivity index (χ3n) is 18.1. The third-order valence-corrected chi connectivity index (χ3v) is 20.0. The van der Waals surface area contributed by atoms with Crippen LogP contribution in [-0.2, 0) is 65.4 Å². The van der Waals surface area contributed by atoms with Crippen LogP contribution in [-0.4, -0.2) is 96.7 Å². The molecule has 0 bridgehead atoms. The molecule has 0 fully saturated rings. The molecule has 0 spiro atoms. The highest BCUT2D eigenvalue weighted by Gasteiger charge is 2.30. The van der Waals surface area contributed by atoms with Crippen LogP contribution in [0.3, 0.4) is 0 Å². The minimum Gasteiger partial charge on any atom is -0.462 e. The summed E-state index contributed by atoms with van der Waals surface area (Å²) in [7, 11) is -9.91. The van der Waals surface area contributed by atoms with E-state index < -0.39 is 97.5 Å². The second kappa shape index (κ2) is 71.5. The maximum Gasteiger partial charge on any atom is 0.472 e. The molecule has 0 saturated carbocycles. The zero-order chi connectivity index (χ0) is 70.4. The van der Waals surface area contributed by atoms with E-state index in [4.69, 9.17) is 37.0 Å². The lowest BCUT2D eigenvalue weighted by atomic mass is 10.0. The summed E-state index contributed by atoms with van der Waals surface area (Å²) >= 11 is 0. The van der Waals surface area contributed by atoms with Gasteiger partial charge in [0.1, 0.15) is 19.3 Å². The van der Waals surface area contributed by atoms with Crippen LogP contribution in [0, 0.1) is 0 Å². The Bertz CT molecular complexity index is 1830. The largest absolute Gasteiger partial charge is 0.472 e. The van der Waals surface area contributed by atoms with Crippen molar-refractivity contribution in [3.8, 4) is 0 Å². The summed E-state index contributed by atoms with van der Waals surface area (Å²) in [5.74, 6) is -2.11. The molecule has 0 amide bonds. The fourth-order valence-electron chi connectivity index (χ4n) is 11.9. The molecule has 0 aliphatic heterocycles. The lowest BCUT2D eigenvalue weighted by Gasteiger charge is -2.21. The minimum absolute atomic E-state index is 0.108. The van der Waals surface area contributed by atoms with Crippen LogP contribution in [0.2, 0.25) is 0 Å². The Labute approximate surface area is 588 Å². The number of phosphoric acid groups is 2. The van der Waals surface area contributed by atoms with Crippen molar-refractivity contribution < 1.29 is 80.2 Å². The number of unbranched alkanes of at least 4 members (excludes halogenated alkanes) is 52. The lowest BCUT2D eigenvalue weighted by Crippen LogP contribution is -2.30. The maximum absolute atomic E-state index is 13.1. The third kappa shape index (κ3) is 70.5. The minimum atomic E-state index is -4.96. The summed E-state index contributed by atoms with van der Waals surface area (Å²) in [6.07, 6.45) is 62.5. The molecule has 2 unspecified atom stereocenters. The van der Waals surface area contributed by atoms with Crippen LogP contribution < -0.4 is 0 Å². The van der Waals surface area contributed by atoms with Crippen molar-refractivity contribution >= 4 is 39.5 Å². The van der Waals surface area contributed by atoms with Gasteiger partial charge < -0.3 is 33.8 Å². The quantitative estimate of drug-likeness (QED) is 0.0222. The summed E-state index contributed by atoms with van der Waals surface area (Å²) < 4.78 is 68.5. The van der Waals surface area contributed by atoms with Gasteiger partial charge in [-0.05, 0) is 25.7 Å². The highest BCUT2D eigenvalue weighted by molar-refractivity contribution is 7.47. The topological polar surface area (TPSA) is 237 Å². The van der Waals surface area contributed by atoms with Crippen LogP contribution in [0.1, 0.15) is 413 Å². The average molecular weight is 1410 g/mol. The Hall–Kier alpha value is -1.94. The van der Waals surface area contributed by atoms with E-state index >= 15 is 0 Å². The maximum atomic E-state index is 13.1. The Morgan fingerprint density at radius 3 is 0.615 bits per heavy atom. The molecule has 17 nitrogen and oxygen atoms in total. The first kappa shape index (κ1) is 94.1. The summed E-state index contributed by atoms with van der Waals surface area (Å²) in [6.45, 7) is 4.97. The van der Waals surface area contributed by atoms with Crippen molar-refractivity contribution in [2.24, 2.45) is 0 Å². The molecule has 5 atom stereocenters. The number of hydrogen-bond acceptors (Lipinski definition) is 15.